The van der Waals surface area contributed by atoms with Gasteiger partial charge >= 0.3 is 0 Å². The third-order valence-electron chi connectivity index (χ3n) is 3.61. The fraction of sp³-hybridized carbons (Fsp3) is 0.769. The minimum absolute atomic E-state index is 0.849. The van der Waals surface area contributed by atoms with Crippen LogP contribution in [0.1, 0.15) is 31.2 Å². The summed E-state index contributed by atoms with van der Waals surface area (Å²) in [5, 5.41) is 8.00. The van der Waals surface area contributed by atoms with Crippen LogP contribution in [0.4, 0.5) is 0 Å². The van der Waals surface area contributed by atoms with Gasteiger partial charge in [-0.2, -0.15) is 5.10 Å². The van der Waals surface area contributed by atoms with Crippen molar-refractivity contribution in [2.75, 3.05) is 20.1 Å². The van der Waals surface area contributed by atoms with Crippen molar-refractivity contribution in [3.8, 4) is 0 Å². The molecule has 0 bridgehead atoms. The van der Waals surface area contributed by atoms with Crippen LogP contribution in [0.2, 0.25) is 0 Å². The maximum Gasteiger partial charge on any atom is 0.0767 e. The Morgan fingerprint density at radius 1 is 1.50 bits per heavy atom. The lowest BCUT2D eigenvalue weighted by Crippen LogP contribution is -2.30. The second-order valence-corrected chi connectivity index (χ2v) is 5.87. The highest BCUT2D eigenvalue weighted by Crippen LogP contribution is 2.24. The number of aryl methyl sites for hydroxylation is 2. The third kappa shape index (κ3) is 3.33. The standard InChI is InChI=1S/C13H23BrN4/c1-4-11-13(14)12(18(3)16-11)9-15-7-8-17(2)10-5-6-10/h10,15H,4-9H2,1-3H3. The van der Waals surface area contributed by atoms with Gasteiger partial charge < -0.3 is 10.2 Å². The van der Waals surface area contributed by atoms with Crippen LogP contribution in [0.3, 0.4) is 0 Å². The Kier molecular flexibility index (Phi) is 4.81. The zero-order valence-electron chi connectivity index (χ0n) is 11.5. The van der Waals surface area contributed by atoms with Crippen molar-refractivity contribution >= 4 is 15.9 Å². The van der Waals surface area contributed by atoms with Gasteiger partial charge in [0.25, 0.3) is 0 Å². The molecular formula is C13H23BrN4. The summed E-state index contributed by atoms with van der Waals surface area (Å²) < 4.78 is 3.14. The maximum atomic E-state index is 4.50. The molecule has 1 saturated carbocycles. The number of aromatic nitrogens is 2. The fourth-order valence-electron chi connectivity index (χ4n) is 2.17. The van der Waals surface area contributed by atoms with Gasteiger partial charge in [0.1, 0.15) is 0 Å². The zero-order valence-corrected chi connectivity index (χ0v) is 13.1. The molecule has 5 heteroatoms. The molecule has 0 aliphatic heterocycles. The van der Waals surface area contributed by atoms with Crippen LogP contribution >= 0.6 is 15.9 Å². The van der Waals surface area contributed by atoms with Crippen LogP contribution in [-0.4, -0.2) is 40.9 Å². The van der Waals surface area contributed by atoms with E-state index in [-0.39, 0.29) is 0 Å². The van der Waals surface area contributed by atoms with Gasteiger partial charge in [0.05, 0.1) is 15.9 Å². The molecule has 18 heavy (non-hydrogen) atoms. The zero-order chi connectivity index (χ0) is 13.1. The van der Waals surface area contributed by atoms with E-state index in [0.29, 0.717) is 0 Å². The first-order chi connectivity index (χ1) is 8.63. The molecule has 2 rings (SSSR count). The molecule has 0 saturated heterocycles. The molecule has 1 fully saturated rings. The smallest absolute Gasteiger partial charge is 0.0767 e. The van der Waals surface area contributed by atoms with Crippen LogP contribution in [0.5, 0.6) is 0 Å². The van der Waals surface area contributed by atoms with Crippen molar-refractivity contribution in [3.63, 3.8) is 0 Å². The first kappa shape index (κ1) is 14.0. The highest BCUT2D eigenvalue weighted by molar-refractivity contribution is 9.10. The predicted octanol–water partition coefficient (Wildman–Crippen LogP) is 1.93. The molecule has 4 nitrogen and oxygen atoms in total. The molecule has 102 valence electrons. The van der Waals surface area contributed by atoms with E-state index in [9.17, 15) is 0 Å². The van der Waals surface area contributed by atoms with Gasteiger partial charge in [0.2, 0.25) is 0 Å². The van der Waals surface area contributed by atoms with Gasteiger partial charge in [0.15, 0.2) is 0 Å². The molecule has 0 spiro atoms. The summed E-state index contributed by atoms with van der Waals surface area (Å²) in [4.78, 5) is 2.45. The first-order valence-electron chi connectivity index (χ1n) is 6.74. The van der Waals surface area contributed by atoms with Gasteiger partial charge in [-0.1, -0.05) is 6.92 Å². The van der Waals surface area contributed by atoms with Gasteiger partial charge in [-0.25, -0.2) is 0 Å². The Hall–Kier alpha value is -0.390. The Bertz CT molecular complexity index is 398. The van der Waals surface area contributed by atoms with E-state index in [0.717, 1.165) is 42.3 Å². The van der Waals surface area contributed by atoms with Crippen LogP contribution in [0, 0.1) is 0 Å². The summed E-state index contributed by atoms with van der Waals surface area (Å²) in [5.74, 6) is 0. The average Bonchev–Trinajstić information content (AvgIpc) is 3.15. The quantitative estimate of drug-likeness (QED) is 0.781. The van der Waals surface area contributed by atoms with Gasteiger partial charge in [-0.05, 0) is 42.2 Å². The van der Waals surface area contributed by atoms with E-state index in [4.69, 9.17) is 0 Å². The normalized spacial score (nSPS) is 15.6. The van der Waals surface area contributed by atoms with Crippen LogP contribution in [0.15, 0.2) is 4.47 Å². The number of nitrogens with one attached hydrogen (secondary N) is 1. The molecular weight excluding hydrogens is 292 g/mol. The molecule has 0 atom stereocenters. The van der Waals surface area contributed by atoms with Gasteiger partial charge in [-0.15, -0.1) is 0 Å². The Labute approximate surface area is 118 Å². The average molecular weight is 315 g/mol. The summed E-state index contributed by atoms with van der Waals surface area (Å²) in [7, 11) is 4.23. The molecule has 1 N–H and O–H groups in total. The van der Waals surface area contributed by atoms with E-state index in [1.165, 1.54) is 18.5 Å². The lowest BCUT2D eigenvalue weighted by molar-refractivity contribution is 0.321. The third-order valence-corrected chi connectivity index (χ3v) is 4.52. The molecule has 0 radical (unpaired) electrons. The number of likely N-dealkylation sites (N-methyl/N-ethyl adjacent to an activating group) is 1. The van der Waals surface area contributed by atoms with Crippen molar-refractivity contribution in [1.82, 2.24) is 20.0 Å². The summed E-state index contributed by atoms with van der Waals surface area (Å²) in [6, 6.07) is 0.849. The molecule has 1 aliphatic carbocycles. The largest absolute Gasteiger partial charge is 0.310 e. The fourth-order valence-corrected chi connectivity index (χ4v) is 2.93. The Morgan fingerprint density at radius 3 is 2.78 bits per heavy atom. The van der Waals surface area contributed by atoms with Crippen LogP contribution in [0.25, 0.3) is 0 Å². The van der Waals surface area contributed by atoms with Gasteiger partial charge in [-0.3, -0.25) is 4.68 Å². The monoisotopic (exact) mass is 314 g/mol. The van der Waals surface area contributed by atoms with E-state index in [1.807, 2.05) is 11.7 Å². The summed E-state index contributed by atoms with van der Waals surface area (Å²) in [6.45, 7) is 5.17. The van der Waals surface area contributed by atoms with E-state index in [1.54, 1.807) is 0 Å². The molecule has 1 aromatic rings. The lowest BCUT2D eigenvalue weighted by Gasteiger charge is -2.15. The summed E-state index contributed by atoms with van der Waals surface area (Å²) in [6.07, 6.45) is 3.73. The number of hydrogen-bond acceptors (Lipinski definition) is 3. The van der Waals surface area contributed by atoms with Gasteiger partial charge in [0, 0.05) is 32.7 Å². The molecule has 1 aromatic heterocycles. The highest BCUT2D eigenvalue weighted by atomic mass is 79.9. The SMILES string of the molecule is CCc1nn(C)c(CNCCN(C)C2CC2)c1Br. The minimum atomic E-state index is 0.849. The highest BCUT2D eigenvalue weighted by Gasteiger charge is 2.25. The number of nitrogens with zero attached hydrogens (tertiary/aromatic N) is 3. The molecule has 0 aromatic carbocycles. The van der Waals surface area contributed by atoms with E-state index >= 15 is 0 Å². The predicted molar refractivity (Wildman–Crippen MR) is 77.6 cm³/mol. The first-order valence-corrected chi connectivity index (χ1v) is 7.54. The Morgan fingerprint density at radius 2 is 2.22 bits per heavy atom. The number of rotatable bonds is 7. The van der Waals surface area contributed by atoms with Crippen molar-refractivity contribution < 1.29 is 0 Å². The molecule has 1 heterocycles. The van der Waals surface area contributed by atoms with Crippen molar-refractivity contribution in [2.45, 2.75) is 38.8 Å². The summed E-state index contributed by atoms with van der Waals surface area (Å²) >= 11 is 3.64. The minimum Gasteiger partial charge on any atom is -0.310 e. The van der Waals surface area contributed by atoms with Crippen LogP contribution in [-0.2, 0) is 20.0 Å². The Balaban J connectivity index is 1.77. The van der Waals surface area contributed by atoms with E-state index < -0.39 is 0 Å². The van der Waals surface area contributed by atoms with Crippen molar-refractivity contribution in [3.05, 3.63) is 15.9 Å². The van der Waals surface area contributed by atoms with Crippen molar-refractivity contribution in [1.29, 1.82) is 0 Å². The topological polar surface area (TPSA) is 33.1 Å². The second kappa shape index (κ2) is 6.17. The van der Waals surface area contributed by atoms with Crippen LogP contribution < -0.4 is 5.32 Å². The number of hydrogen-bond donors (Lipinski definition) is 1. The molecule has 0 amide bonds. The number of halogens is 1. The molecule has 0 unspecified atom stereocenters. The second-order valence-electron chi connectivity index (χ2n) is 5.07. The molecule has 1 aliphatic rings. The summed E-state index contributed by atoms with van der Waals surface area (Å²) in [5.41, 5.74) is 2.38. The van der Waals surface area contributed by atoms with E-state index in [2.05, 4.69) is 45.2 Å². The van der Waals surface area contributed by atoms with Crippen molar-refractivity contribution in [2.24, 2.45) is 7.05 Å². The maximum absolute atomic E-state index is 4.50. The lowest BCUT2D eigenvalue weighted by atomic mass is 10.3.